The Morgan fingerprint density at radius 2 is 1.45 bits per heavy atom. The molecule has 0 unspecified atom stereocenters. The van der Waals surface area contributed by atoms with Crippen molar-refractivity contribution in [3.8, 4) is 0 Å². The Labute approximate surface area is 126 Å². The number of non-ortho nitro benzene ring substituents is 1. The minimum atomic E-state index is -0.745. The van der Waals surface area contributed by atoms with Gasteiger partial charge in [-0.25, -0.2) is 4.79 Å². The molecule has 0 aromatic heterocycles. The zero-order valence-electron chi connectivity index (χ0n) is 11.8. The molecule has 0 aliphatic carbocycles. The van der Waals surface area contributed by atoms with Gasteiger partial charge in [-0.05, 0) is 12.1 Å². The van der Waals surface area contributed by atoms with Crippen molar-refractivity contribution in [3.63, 3.8) is 0 Å². The van der Waals surface area contributed by atoms with Crippen LogP contribution in [0.15, 0.2) is 54.6 Å². The van der Waals surface area contributed by atoms with E-state index in [2.05, 4.69) is 10.5 Å². The normalized spacial score (nSPS) is 9.14. The SMILES string of the molecule is COC(N)=O.O=C(c1ccccc1)c1ccc([N+](=O)[O-])cc1. The van der Waals surface area contributed by atoms with E-state index in [1.165, 1.54) is 31.4 Å². The summed E-state index contributed by atoms with van der Waals surface area (Å²) in [6.07, 6.45) is -0.745. The Hall–Kier alpha value is -3.22. The number of nitrogens with zero attached hydrogens (tertiary/aromatic N) is 1. The van der Waals surface area contributed by atoms with Crippen molar-refractivity contribution >= 4 is 17.6 Å². The number of nitrogens with two attached hydrogens (primary N) is 1. The van der Waals surface area contributed by atoms with Crippen molar-refractivity contribution in [2.24, 2.45) is 5.73 Å². The minimum absolute atomic E-state index is 0.0189. The van der Waals surface area contributed by atoms with Crippen molar-refractivity contribution in [1.82, 2.24) is 0 Å². The highest BCUT2D eigenvalue weighted by molar-refractivity contribution is 6.09. The summed E-state index contributed by atoms with van der Waals surface area (Å²) < 4.78 is 3.89. The van der Waals surface area contributed by atoms with Gasteiger partial charge in [0.1, 0.15) is 0 Å². The van der Waals surface area contributed by atoms with E-state index in [4.69, 9.17) is 0 Å². The maximum Gasteiger partial charge on any atom is 0.404 e. The molecule has 0 spiro atoms. The van der Waals surface area contributed by atoms with Crippen molar-refractivity contribution in [2.75, 3.05) is 7.11 Å². The number of hydrogen-bond acceptors (Lipinski definition) is 5. The van der Waals surface area contributed by atoms with Crippen molar-refractivity contribution in [1.29, 1.82) is 0 Å². The van der Waals surface area contributed by atoms with Crippen LogP contribution in [-0.4, -0.2) is 23.9 Å². The molecule has 2 rings (SSSR count). The quantitative estimate of drug-likeness (QED) is 0.532. The number of carbonyl (C=O) groups excluding carboxylic acids is 2. The Kier molecular flexibility index (Phi) is 6.24. The molecule has 2 aromatic carbocycles. The van der Waals surface area contributed by atoms with Crippen LogP contribution in [0.5, 0.6) is 0 Å². The lowest BCUT2D eigenvalue weighted by Gasteiger charge is -2.00. The van der Waals surface area contributed by atoms with Gasteiger partial charge in [0.25, 0.3) is 5.69 Å². The number of primary amides is 1. The predicted octanol–water partition coefficient (Wildman–Crippen LogP) is 2.54. The van der Waals surface area contributed by atoms with Crippen molar-refractivity contribution < 1.29 is 19.2 Å². The number of benzene rings is 2. The predicted molar refractivity (Wildman–Crippen MR) is 79.6 cm³/mol. The number of hydrogen-bond donors (Lipinski definition) is 1. The zero-order valence-corrected chi connectivity index (χ0v) is 11.8. The zero-order chi connectivity index (χ0) is 16.5. The second-order valence-corrected chi connectivity index (χ2v) is 4.02. The molecule has 7 nitrogen and oxygen atoms in total. The fraction of sp³-hybridized carbons (Fsp3) is 0.0667. The first-order valence-corrected chi connectivity index (χ1v) is 6.13. The average molecular weight is 302 g/mol. The van der Waals surface area contributed by atoms with Crippen LogP contribution in [0.4, 0.5) is 10.5 Å². The van der Waals surface area contributed by atoms with E-state index in [9.17, 15) is 19.7 Å². The molecule has 1 amide bonds. The second-order valence-electron chi connectivity index (χ2n) is 4.02. The van der Waals surface area contributed by atoms with Crippen LogP contribution in [0.3, 0.4) is 0 Å². The Bertz CT molecular complexity index is 653. The van der Waals surface area contributed by atoms with Gasteiger partial charge in [-0.1, -0.05) is 30.3 Å². The first-order valence-electron chi connectivity index (χ1n) is 6.13. The minimum Gasteiger partial charge on any atom is -0.453 e. The summed E-state index contributed by atoms with van der Waals surface area (Å²) in [6.45, 7) is 0. The van der Waals surface area contributed by atoms with E-state index < -0.39 is 11.0 Å². The summed E-state index contributed by atoms with van der Waals surface area (Å²) in [5.74, 6) is -0.138. The molecule has 114 valence electrons. The summed E-state index contributed by atoms with van der Waals surface area (Å²) in [5.41, 5.74) is 5.43. The summed E-state index contributed by atoms with van der Waals surface area (Å²) in [5, 5.41) is 10.5. The molecule has 2 N–H and O–H groups in total. The van der Waals surface area contributed by atoms with Crippen LogP contribution in [0.25, 0.3) is 0 Å². The number of methoxy groups -OCH3 is 1. The molecule has 0 heterocycles. The maximum absolute atomic E-state index is 12.0. The van der Waals surface area contributed by atoms with E-state index in [1.54, 1.807) is 24.3 Å². The largest absolute Gasteiger partial charge is 0.453 e. The van der Waals surface area contributed by atoms with Gasteiger partial charge in [0, 0.05) is 23.3 Å². The number of carbonyl (C=O) groups is 2. The van der Waals surface area contributed by atoms with Gasteiger partial charge in [-0.3, -0.25) is 14.9 Å². The number of ether oxygens (including phenoxy) is 1. The molecule has 0 aliphatic rings. The summed E-state index contributed by atoms with van der Waals surface area (Å²) >= 11 is 0. The van der Waals surface area contributed by atoms with Crippen LogP contribution in [-0.2, 0) is 4.74 Å². The molecule has 0 radical (unpaired) electrons. The lowest BCUT2D eigenvalue weighted by molar-refractivity contribution is -0.384. The van der Waals surface area contributed by atoms with Gasteiger partial charge in [0.05, 0.1) is 12.0 Å². The third kappa shape index (κ3) is 5.04. The van der Waals surface area contributed by atoms with E-state index in [0.717, 1.165) is 0 Å². The summed E-state index contributed by atoms with van der Waals surface area (Å²) in [4.78, 5) is 31.3. The molecular weight excluding hydrogens is 288 g/mol. The fourth-order valence-electron chi connectivity index (χ4n) is 1.49. The van der Waals surface area contributed by atoms with Crippen LogP contribution < -0.4 is 5.73 Å². The molecule has 22 heavy (non-hydrogen) atoms. The number of nitro groups is 1. The first-order chi connectivity index (χ1) is 10.5. The molecule has 0 saturated carbocycles. The fourth-order valence-corrected chi connectivity index (χ4v) is 1.49. The van der Waals surface area contributed by atoms with E-state index in [0.29, 0.717) is 11.1 Å². The summed E-state index contributed by atoms with van der Waals surface area (Å²) in [6, 6.07) is 14.4. The highest BCUT2D eigenvalue weighted by atomic mass is 16.6. The van der Waals surface area contributed by atoms with E-state index >= 15 is 0 Å². The van der Waals surface area contributed by atoms with Crippen LogP contribution >= 0.6 is 0 Å². The monoisotopic (exact) mass is 302 g/mol. The molecular formula is C15H14N2O5. The number of nitro benzene ring substituents is 1. The molecule has 0 fully saturated rings. The number of ketones is 1. The van der Waals surface area contributed by atoms with Gasteiger partial charge in [0.15, 0.2) is 5.78 Å². The molecule has 2 aromatic rings. The Morgan fingerprint density at radius 3 is 1.86 bits per heavy atom. The third-order valence-electron chi connectivity index (χ3n) is 2.58. The van der Waals surface area contributed by atoms with Gasteiger partial charge >= 0.3 is 6.09 Å². The van der Waals surface area contributed by atoms with E-state index in [1.807, 2.05) is 6.07 Å². The molecule has 7 heteroatoms. The molecule has 0 bridgehead atoms. The maximum atomic E-state index is 12.0. The lowest BCUT2D eigenvalue weighted by Crippen LogP contribution is -2.08. The number of rotatable bonds is 3. The van der Waals surface area contributed by atoms with E-state index in [-0.39, 0.29) is 11.5 Å². The molecule has 0 atom stereocenters. The van der Waals surface area contributed by atoms with Gasteiger partial charge in [-0.2, -0.15) is 0 Å². The van der Waals surface area contributed by atoms with Crippen LogP contribution in [0.1, 0.15) is 15.9 Å². The Morgan fingerprint density at radius 1 is 1.00 bits per heavy atom. The number of amides is 1. The van der Waals surface area contributed by atoms with Crippen molar-refractivity contribution in [2.45, 2.75) is 0 Å². The highest BCUT2D eigenvalue weighted by Gasteiger charge is 2.10. The first kappa shape index (κ1) is 16.8. The smallest absolute Gasteiger partial charge is 0.404 e. The van der Waals surface area contributed by atoms with Crippen LogP contribution in [0, 0.1) is 10.1 Å². The molecule has 0 saturated heterocycles. The van der Waals surface area contributed by atoms with Crippen LogP contribution in [0.2, 0.25) is 0 Å². The average Bonchev–Trinajstić information content (AvgIpc) is 2.55. The van der Waals surface area contributed by atoms with Gasteiger partial charge < -0.3 is 10.5 Å². The lowest BCUT2D eigenvalue weighted by atomic mass is 10.0. The van der Waals surface area contributed by atoms with Gasteiger partial charge in [0.2, 0.25) is 0 Å². The second kappa shape index (κ2) is 8.15. The Balaban J connectivity index is 0.000000422. The highest BCUT2D eigenvalue weighted by Crippen LogP contribution is 2.15. The van der Waals surface area contributed by atoms with Gasteiger partial charge in [-0.15, -0.1) is 0 Å². The molecule has 0 aliphatic heterocycles. The standard InChI is InChI=1S/C13H9NO3.C2H5NO2/c15-13(10-4-2-1-3-5-10)11-6-8-12(9-7-11)14(16)17;1-5-2(3)4/h1-9H;1H3,(H2,3,4). The summed E-state index contributed by atoms with van der Waals surface area (Å²) in [7, 11) is 1.22. The van der Waals surface area contributed by atoms with Crippen molar-refractivity contribution in [3.05, 3.63) is 75.8 Å². The third-order valence-corrected chi connectivity index (χ3v) is 2.58. The topological polar surface area (TPSA) is 113 Å².